The maximum absolute atomic E-state index is 9.34. The Balaban J connectivity index is 1.96. The van der Waals surface area contributed by atoms with Crippen molar-refractivity contribution in [3.05, 3.63) is 0 Å². The fourth-order valence-electron chi connectivity index (χ4n) is 4.03. The van der Waals surface area contributed by atoms with Crippen molar-refractivity contribution in [2.24, 2.45) is 5.41 Å². The molecule has 3 atom stereocenters. The Kier molecular flexibility index (Phi) is 2.57. The average Bonchev–Trinajstić information content (AvgIpc) is 2.69. The molecule has 0 amide bonds. The van der Waals surface area contributed by atoms with Crippen LogP contribution in [0, 0.1) is 5.41 Å². The van der Waals surface area contributed by atoms with Crippen molar-refractivity contribution in [2.45, 2.75) is 57.0 Å². The molecule has 2 saturated heterocycles. The summed E-state index contributed by atoms with van der Waals surface area (Å²) in [6.45, 7) is 5.47. The third-order valence-corrected chi connectivity index (χ3v) is 4.78. The van der Waals surface area contributed by atoms with E-state index in [2.05, 4.69) is 0 Å². The molecule has 2 aliphatic heterocycles. The van der Waals surface area contributed by atoms with Crippen molar-refractivity contribution in [2.75, 3.05) is 19.8 Å². The number of hydrogen-bond donors (Lipinski definition) is 1. The minimum absolute atomic E-state index is 0.00741. The molecule has 17 heavy (non-hydrogen) atoms. The van der Waals surface area contributed by atoms with Crippen LogP contribution < -0.4 is 0 Å². The molecule has 0 aromatic carbocycles. The summed E-state index contributed by atoms with van der Waals surface area (Å²) in [6, 6.07) is 0. The molecule has 0 aromatic heterocycles. The molecule has 3 aliphatic rings. The normalized spacial score (nSPS) is 47.8. The molecule has 4 heteroatoms. The molecule has 2 heterocycles. The summed E-state index contributed by atoms with van der Waals surface area (Å²) < 4.78 is 17.9. The van der Waals surface area contributed by atoms with E-state index in [1.165, 1.54) is 0 Å². The molecule has 3 rings (SSSR count). The molecular formula is C13H22O4. The molecule has 0 unspecified atom stereocenters. The highest BCUT2D eigenvalue weighted by molar-refractivity contribution is 5.14. The molecule has 0 radical (unpaired) electrons. The molecule has 1 spiro atoms. The largest absolute Gasteiger partial charge is 0.396 e. The average molecular weight is 242 g/mol. The van der Waals surface area contributed by atoms with Gasteiger partial charge >= 0.3 is 0 Å². The van der Waals surface area contributed by atoms with E-state index in [-0.39, 0.29) is 23.7 Å². The molecular weight excluding hydrogens is 220 g/mol. The summed E-state index contributed by atoms with van der Waals surface area (Å²) in [5, 5.41) is 9.34. The van der Waals surface area contributed by atoms with Gasteiger partial charge in [0.1, 0.15) is 11.7 Å². The second kappa shape index (κ2) is 3.67. The number of ether oxygens (including phenoxy) is 3. The lowest BCUT2D eigenvalue weighted by Crippen LogP contribution is -2.60. The summed E-state index contributed by atoms with van der Waals surface area (Å²) in [7, 11) is 0. The van der Waals surface area contributed by atoms with Gasteiger partial charge in [-0.3, -0.25) is 0 Å². The minimum atomic E-state index is -0.532. The van der Waals surface area contributed by atoms with E-state index in [9.17, 15) is 5.11 Å². The fraction of sp³-hybridized carbons (Fsp3) is 1.00. The lowest BCUT2D eigenvalue weighted by Gasteiger charge is -2.50. The van der Waals surface area contributed by atoms with E-state index < -0.39 is 5.79 Å². The Morgan fingerprint density at radius 3 is 2.88 bits per heavy atom. The van der Waals surface area contributed by atoms with Crippen LogP contribution in [0.4, 0.5) is 0 Å². The van der Waals surface area contributed by atoms with Crippen LogP contribution in [0.15, 0.2) is 0 Å². The zero-order chi connectivity index (χ0) is 12.1. The fourth-order valence-corrected chi connectivity index (χ4v) is 4.03. The number of aliphatic hydroxyl groups is 1. The van der Waals surface area contributed by atoms with Gasteiger partial charge in [0, 0.05) is 12.0 Å². The maximum atomic E-state index is 9.34. The van der Waals surface area contributed by atoms with Gasteiger partial charge in [-0.05, 0) is 39.5 Å². The molecule has 0 bridgehead atoms. The van der Waals surface area contributed by atoms with Gasteiger partial charge in [-0.1, -0.05) is 0 Å². The number of rotatable bonds is 2. The lowest BCUT2D eigenvalue weighted by atomic mass is 9.71. The van der Waals surface area contributed by atoms with E-state index in [0.29, 0.717) is 13.2 Å². The minimum Gasteiger partial charge on any atom is -0.396 e. The van der Waals surface area contributed by atoms with Crippen molar-refractivity contribution in [1.29, 1.82) is 0 Å². The van der Waals surface area contributed by atoms with Gasteiger partial charge in [-0.2, -0.15) is 0 Å². The Morgan fingerprint density at radius 1 is 1.29 bits per heavy atom. The van der Waals surface area contributed by atoms with Crippen molar-refractivity contribution >= 4 is 0 Å². The van der Waals surface area contributed by atoms with E-state index in [0.717, 1.165) is 25.7 Å². The van der Waals surface area contributed by atoms with Gasteiger partial charge in [0.2, 0.25) is 0 Å². The summed E-state index contributed by atoms with van der Waals surface area (Å²) in [6.07, 6.45) is 4.12. The van der Waals surface area contributed by atoms with Gasteiger partial charge in [-0.25, -0.2) is 0 Å². The van der Waals surface area contributed by atoms with Crippen molar-refractivity contribution in [3.63, 3.8) is 0 Å². The Hall–Kier alpha value is -0.160. The summed E-state index contributed by atoms with van der Waals surface area (Å²) >= 11 is 0. The first kappa shape index (κ1) is 11.9. The predicted octanol–water partition coefficient (Wildman–Crippen LogP) is 1.46. The Labute approximate surface area is 102 Å². The smallest absolute Gasteiger partial charge is 0.163 e. The standard InChI is InChI=1S/C13H22O4/c1-11(2)16-8-10-13(17-11)5-3-4-12(13,6-7-14)9-15-10/h10,14H,3-9H2,1-2H3/t10-,12-,13+/m0/s1. The first-order valence-electron chi connectivity index (χ1n) is 6.60. The van der Waals surface area contributed by atoms with Crippen LogP contribution in [0.2, 0.25) is 0 Å². The second-order valence-corrected chi connectivity index (χ2v) is 6.11. The SMILES string of the molecule is CC1(C)OC[C@@H]2OC[C@@]3(CCO)CCC[C@@]23O1. The first-order valence-corrected chi connectivity index (χ1v) is 6.60. The van der Waals surface area contributed by atoms with Crippen LogP contribution in [0.25, 0.3) is 0 Å². The van der Waals surface area contributed by atoms with E-state index >= 15 is 0 Å². The number of hydrogen-bond acceptors (Lipinski definition) is 4. The van der Waals surface area contributed by atoms with Crippen LogP contribution >= 0.6 is 0 Å². The zero-order valence-electron chi connectivity index (χ0n) is 10.7. The second-order valence-electron chi connectivity index (χ2n) is 6.11. The molecule has 1 N–H and O–H groups in total. The van der Waals surface area contributed by atoms with E-state index in [4.69, 9.17) is 14.2 Å². The highest BCUT2D eigenvalue weighted by Crippen LogP contribution is 2.60. The maximum Gasteiger partial charge on any atom is 0.163 e. The number of aliphatic hydroxyl groups excluding tert-OH is 1. The Bertz CT molecular complexity index is 317. The molecule has 98 valence electrons. The molecule has 0 aromatic rings. The van der Waals surface area contributed by atoms with Crippen LogP contribution in [-0.2, 0) is 14.2 Å². The molecule has 1 saturated carbocycles. The summed E-state index contributed by atoms with van der Waals surface area (Å²) in [5.41, 5.74) is -0.217. The zero-order valence-corrected chi connectivity index (χ0v) is 10.7. The highest BCUT2D eigenvalue weighted by atomic mass is 16.7. The van der Waals surface area contributed by atoms with Crippen LogP contribution in [0.3, 0.4) is 0 Å². The van der Waals surface area contributed by atoms with Crippen molar-refractivity contribution in [3.8, 4) is 0 Å². The predicted molar refractivity (Wildman–Crippen MR) is 61.6 cm³/mol. The van der Waals surface area contributed by atoms with Crippen LogP contribution in [-0.4, -0.2) is 42.4 Å². The first-order chi connectivity index (χ1) is 8.04. The quantitative estimate of drug-likeness (QED) is 0.796. The molecule has 1 aliphatic carbocycles. The van der Waals surface area contributed by atoms with Crippen molar-refractivity contribution < 1.29 is 19.3 Å². The van der Waals surface area contributed by atoms with Crippen LogP contribution in [0.1, 0.15) is 39.5 Å². The van der Waals surface area contributed by atoms with E-state index in [1.54, 1.807) is 0 Å². The monoisotopic (exact) mass is 242 g/mol. The molecule has 3 fully saturated rings. The van der Waals surface area contributed by atoms with Crippen LogP contribution in [0.5, 0.6) is 0 Å². The third kappa shape index (κ3) is 1.51. The summed E-state index contributed by atoms with van der Waals surface area (Å²) in [4.78, 5) is 0. The topological polar surface area (TPSA) is 47.9 Å². The van der Waals surface area contributed by atoms with Gasteiger partial charge in [0.25, 0.3) is 0 Å². The van der Waals surface area contributed by atoms with Crippen molar-refractivity contribution in [1.82, 2.24) is 0 Å². The highest BCUT2D eigenvalue weighted by Gasteiger charge is 2.67. The van der Waals surface area contributed by atoms with Gasteiger partial charge < -0.3 is 19.3 Å². The van der Waals surface area contributed by atoms with Gasteiger partial charge in [-0.15, -0.1) is 0 Å². The Morgan fingerprint density at radius 2 is 2.12 bits per heavy atom. The molecule has 4 nitrogen and oxygen atoms in total. The third-order valence-electron chi connectivity index (χ3n) is 4.78. The van der Waals surface area contributed by atoms with Gasteiger partial charge in [0.15, 0.2) is 5.79 Å². The summed E-state index contributed by atoms with van der Waals surface area (Å²) in [5.74, 6) is -0.532. The van der Waals surface area contributed by atoms with E-state index in [1.807, 2.05) is 13.8 Å². The lowest BCUT2D eigenvalue weighted by molar-refractivity contribution is -0.342. The van der Waals surface area contributed by atoms with Gasteiger partial charge in [0.05, 0.1) is 13.2 Å².